The molecular weight excluding hydrogens is 289 g/mol. The van der Waals surface area contributed by atoms with E-state index in [9.17, 15) is 9.18 Å². The number of hydrogen-bond acceptors (Lipinski definition) is 2. The van der Waals surface area contributed by atoms with Crippen LogP contribution in [0.3, 0.4) is 0 Å². The lowest BCUT2D eigenvalue weighted by Gasteiger charge is -2.18. The van der Waals surface area contributed by atoms with Gasteiger partial charge in [-0.15, -0.1) is 0 Å². The minimum Gasteiger partial charge on any atom is -0.359 e. The molecule has 0 radical (unpaired) electrons. The Hall–Kier alpha value is -1.95. The minimum absolute atomic E-state index is 0.0472. The van der Waals surface area contributed by atoms with Crippen molar-refractivity contribution in [3.63, 3.8) is 0 Å². The highest BCUT2D eigenvalue weighted by molar-refractivity contribution is 7.80. The predicted molar refractivity (Wildman–Crippen MR) is 87.0 cm³/mol. The van der Waals surface area contributed by atoms with Crippen LogP contribution in [-0.2, 0) is 4.79 Å². The van der Waals surface area contributed by atoms with Gasteiger partial charge in [-0.1, -0.05) is 12.2 Å². The summed E-state index contributed by atoms with van der Waals surface area (Å²) in [5.74, 6) is -0.453. The van der Waals surface area contributed by atoms with Crippen molar-refractivity contribution >= 4 is 34.6 Å². The molecule has 0 aliphatic carbocycles. The number of carbonyl (C=O) groups is 1. The summed E-state index contributed by atoms with van der Waals surface area (Å²) in [6, 6.07) is 4.53. The van der Waals surface area contributed by atoms with Gasteiger partial charge in [0.1, 0.15) is 5.82 Å². The number of nitrogens with one attached hydrogen (secondary N) is 2. The SMILES string of the molecule is C=C(C)CNC(=S)Nc1ccc(F)c(N2CCCC2=O)c1. The third kappa shape index (κ3) is 4.01. The molecule has 1 saturated heterocycles. The molecule has 2 N–H and O–H groups in total. The smallest absolute Gasteiger partial charge is 0.227 e. The molecule has 1 fully saturated rings. The minimum atomic E-state index is -0.406. The zero-order chi connectivity index (χ0) is 15.4. The fourth-order valence-electron chi connectivity index (χ4n) is 2.11. The summed E-state index contributed by atoms with van der Waals surface area (Å²) >= 11 is 5.15. The molecular formula is C15H18FN3OS. The van der Waals surface area contributed by atoms with Crippen molar-refractivity contribution in [2.45, 2.75) is 19.8 Å². The van der Waals surface area contributed by atoms with Crippen molar-refractivity contribution in [2.24, 2.45) is 0 Å². The fraction of sp³-hybridized carbons (Fsp3) is 0.333. The summed E-state index contributed by atoms with van der Waals surface area (Å²) < 4.78 is 13.9. The van der Waals surface area contributed by atoms with Gasteiger partial charge in [0.2, 0.25) is 5.91 Å². The number of amides is 1. The number of anilines is 2. The molecule has 0 unspecified atom stereocenters. The van der Waals surface area contributed by atoms with Gasteiger partial charge in [0, 0.05) is 25.2 Å². The van der Waals surface area contributed by atoms with Crippen LogP contribution in [0.1, 0.15) is 19.8 Å². The Balaban J connectivity index is 2.09. The highest BCUT2D eigenvalue weighted by Gasteiger charge is 2.24. The maximum atomic E-state index is 13.9. The van der Waals surface area contributed by atoms with E-state index in [2.05, 4.69) is 17.2 Å². The van der Waals surface area contributed by atoms with Gasteiger partial charge in [0.15, 0.2) is 5.11 Å². The van der Waals surface area contributed by atoms with E-state index >= 15 is 0 Å². The van der Waals surface area contributed by atoms with Gasteiger partial charge in [0.25, 0.3) is 0 Å². The lowest BCUT2D eigenvalue weighted by atomic mass is 10.2. The third-order valence-electron chi connectivity index (χ3n) is 3.12. The lowest BCUT2D eigenvalue weighted by molar-refractivity contribution is -0.117. The van der Waals surface area contributed by atoms with Crippen LogP contribution >= 0.6 is 12.2 Å². The van der Waals surface area contributed by atoms with E-state index in [0.717, 1.165) is 12.0 Å². The number of hydrogen-bond donors (Lipinski definition) is 2. The van der Waals surface area contributed by atoms with E-state index in [1.165, 1.54) is 11.0 Å². The molecule has 1 aromatic carbocycles. The van der Waals surface area contributed by atoms with Gasteiger partial charge in [-0.3, -0.25) is 4.79 Å². The van der Waals surface area contributed by atoms with E-state index in [1.807, 2.05) is 6.92 Å². The highest BCUT2D eigenvalue weighted by Crippen LogP contribution is 2.27. The first-order valence-corrected chi connectivity index (χ1v) is 7.17. The predicted octanol–water partition coefficient (Wildman–Crippen LogP) is 2.82. The number of halogens is 1. The summed E-state index contributed by atoms with van der Waals surface area (Å²) in [7, 11) is 0. The molecule has 0 bridgehead atoms. The topological polar surface area (TPSA) is 44.4 Å². The summed E-state index contributed by atoms with van der Waals surface area (Å²) in [6.07, 6.45) is 1.23. The number of nitrogens with zero attached hydrogens (tertiary/aromatic N) is 1. The van der Waals surface area contributed by atoms with Crippen LogP contribution in [0.5, 0.6) is 0 Å². The van der Waals surface area contributed by atoms with Crippen molar-refractivity contribution < 1.29 is 9.18 Å². The van der Waals surface area contributed by atoms with E-state index in [-0.39, 0.29) is 5.91 Å². The molecule has 112 valence electrons. The van der Waals surface area contributed by atoms with Gasteiger partial charge in [-0.25, -0.2) is 4.39 Å². The number of rotatable bonds is 4. The van der Waals surface area contributed by atoms with Crippen molar-refractivity contribution in [3.8, 4) is 0 Å². The lowest BCUT2D eigenvalue weighted by Crippen LogP contribution is -2.30. The van der Waals surface area contributed by atoms with Gasteiger partial charge in [0.05, 0.1) is 5.69 Å². The van der Waals surface area contributed by atoms with Crippen LogP contribution in [0, 0.1) is 5.82 Å². The number of carbonyl (C=O) groups excluding carboxylic acids is 1. The summed E-state index contributed by atoms with van der Waals surface area (Å²) in [6.45, 7) is 6.80. The summed E-state index contributed by atoms with van der Waals surface area (Å²) in [5.41, 5.74) is 1.90. The summed E-state index contributed by atoms with van der Waals surface area (Å²) in [5, 5.41) is 6.40. The van der Waals surface area contributed by atoms with Crippen molar-refractivity contribution in [1.29, 1.82) is 0 Å². The third-order valence-corrected chi connectivity index (χ3v) is 3.37. The second-order valence-corrected chi connectivity index (χ2v) is 5.49. The number of benzene rings is 1. The fourth-order valence-corrected chi connectivity index (χ4v) is 2.30. The van der Waals surface area contributed by atoms with Gasteiger partial charge in [-0.05, 0) is 43.8 Å². The van der Waals surface area contributed by atoms with Crippen LogP contribution in [0.2, 0.25) is 0 Å². The Morgan fingerprint density at radius 3 is 2.90 bits per heavy atom. The van der Waals surface area contributed by atoms with E-state index in [0.29, 0.717) is 36.0 Å². The second-order valence-electron chi connectivity index (χ2n) is 5.08. The Kier molecular flexibility index (Phi) is 4.90. The normalized spacial score (nSPS) is 14.2. The molecule has 2 rings (SSSR count). The van der Waals surface area contributed by atoms with Crippen molar-refractivity contribution in [3.05, 3.63) is 36.2 Å². The molecule has 0 aromatic heterocycles. The standard InChI is InChI=1S/C15H18FN3OS/c1-10(2)9-17-15(21)18-11-5-6-12(16)13(8-11)19-7-3-4-14(19)20/h5-6,8H,1,3-4,7,9H2,2H3,(H2,17,18,21). The first kappa shape index (κ1) is 15.4. The molecule has 1 heterocycles. The maximum Gasteiger partial charge on any atom is 0.227 e. The molecule has 4 nitrogen and oxygen atoms in total. The van der Waals surface area contributed by atoms with Crippen molar-refractivity contribution in [2.75, 3.05) is 23.3 Å². The molecule has 21 heavy (non-hydrogen) atoms. The molecule has 1 aliphatic rings. The second kappa shape index (κ2) is 6.67. The summed E-state index contributed by atoms with van der Waals surface area (Å²) in [4.78, 5) is 13.2. The van der Waals surface area contributed by atoms with E-state index < -0.39 is 5.82 Å². The van der Waals surface area contributed by atoms with Crippen LogP contribution < -0.4 is 15.5 Å². The van der Waals surface area contributed by atoms with E-state index in [4.69, 9.17) is 12.2 Å². The molecule has 0 saturated carbocycles. The van der Waals surface area contributed by atoms with Crippen LogP contribution in [0.15, 0.2) is 30.4 Å². The van der Waals surface area contributed by atoms with Gasteiger partial charge >= 0.3 is 0 Å². The van der Waals surface area contributed by atoms with Crippen LogP contribution in [-0.4, -0.2) is 24.1 Å². The molecule has 0 atom stereocenters. The Morgan fingerprint density at radius 1 is 1.52 bits per heavy atom. The quantitative estimate of drug-likeness (QED) is 0.663. The highest BCUT2D eigenvalue weighted by atomic mass is 32.1. The van der Waals surface area contributed by atoms with Gasteiger partial charge in [-0.2, -0.15) is 0 Å². The van der Waals surface area contributed by atoms with Crippen LogP contribution in [0.4, 0.5) is 15.8 Å². The Labute approximate surface area is 129 Å². The Bertz CT molecular complexity index is 588. The average molecular weight is 307 g/mol. The molecule has 6 heteroatoms. The maximum absolute atomic E-state index is 13.9. The first-order valence-electron chi connectivity index (χ1n) is 6.76. The molecule has 1 aromatic rings. The average Bonchev–Trinajstić information content (AvgIpc) is 2.85. The zero-order valence-electron chi connectivity index (χ0n) is 11.9. The van der Waals surface area contributed by atoms with E-state index in [1.54, 1.807) is 12.1 Å². The number of thiocarbonyl (C=S) groups is 1. The largest absolute Gasteiger partial charge is 0.359 e. The van der Waals surface area contributed by atoms with Crippen LogP contribution in [0.25, 0.3) is 0 Å². The molecule has 0 spiro atoms. The molecule has 1 aliphatic heterocycles. The van der Waals surface area contributed by atoms with Crippen molar-refractivity contribution in [1.82, 2.24) is 5.32 Å². The van der Waals surface area contributed by atoms with Gasteiger partial charge < -0.3 is 15.5 Å². The Morgan fingerprint density at radius 2 is 2.29 bits per heavy atom. The zero-order valence-corrected chi connectivity index (χ0v) is 12.7. The molecule has 1 amide bonds. The first-order chi connectivity index (χ1) is 9.97. The monoisotopic (exact) mass is 307 g/mol.